The van der Waals surface area contributed by atoms with Crippen LogP contribution >= 0.6 is 0 Å². The molecule has 0 aliphatic carbocycles. The van der Waals surface area contributed by atoms with Crippen LogP contribution < -0.4 is 5.48 Å². The van der Waals surface area contributed by atoms with E-state index in [-0.39, 0.29) is 5.78 Å². The van der Waals surface area contributed by atoms with Gasteiger partial charge in [-0.15, -0.1) is 0 Å². The van der Waals surface area contributed by atoms with Crippen LogP contribution in [0.3, 0.4) is 0 Å². The zero-order chi connectivity index (χ0) is 15.9. The number of hydrogen-bond donors (Lipinski definition) is 2. The number of allylic oxidation sites excluding steroid dienone is 1. The number of aryl methyl sites for hydroxylation is 1. The minimum atomic E-state index is -0.627. The average molecular weight is 296 g/mol. The molecule has 0 spiro atoms. The summed E-state index contributed by atoms with van der Waals surface area (Å²) < 4.78 is 1.73. The van der Waals surface area contributed by atoms with Gasteiger partial charge in [0.1, 0.15) is 0 Å². The lowest BCUT2D eigenvalue weighted by Crippen LogP contribution is -2.14. The maximum Gasteiger partial charge on any atom is 0.267 e. The molecule has 2 N–H and O–H groups in total. The molecule has 2 aromatic rings. The van der Waals surface area contributed by atoms with E-state index in [4.69, 9.17) is 5.21 Å². The van der Waals surface area contributed by atoms with Gasteiger partial charge in [-0.1, -0.05) is 36.4 Å². The normalized spacial score (nSPS) is 11.2. The number of hydrogen-bond acceptors (Lipinski definition) is 3. The topological polar surface area (TPSA) is 71.3 Å². The van der Waals surface area contributed by atoms with Gasteiger partial charge in [0.05, 0.1) is 0 Å². The first kappa shape index (κ1) is 15.5. The van der Waals surface area contributed by atoms with Gasteiger partial charge in [0.25, 0.3) is 5.91 Å². The molecule has 0 fully saturated rings. The smallest absolute Gasteiger partial charge is 0.267 e. The van der Waals surface area contributed by atoms with Crippen molar-refractivity contribution in [3.8, 4) is 0 Å². The minimum absolute atomic E-state index is 0.120. The van der Waals surface area contributed by atoms with Gasteiger partial charge in [0.2, 0.25) is 0 Å². The van der Waals surface area contributed by atoms with Crippen molar-refractivity contribution in [1.29, 1.82) is 0 Å². The van der Waals surface area contributed by atoms with E-state index in [1.807, 2.05) is 30.3 Å². The third-order valence-corrected chi connectivity index (χ3v) is 3.07. The van der Waals surface area contributed by atoms with Gasteiger partial charge in [0, 0.05) is 30.6 Å². The average Bonchev–Trinajstić information content (AvgIpc) is 2.92. The van der Waals surface area contributed by atoms with Crippen LogP contribution in [0.5, 0.6) is 0 Å². The lowest BCUT2D eigenvalue weighted by Gasteiger charge is -1.94. The van der Waals surface area contributed by atoms with Gasteiger partial charge in [-0.3, -0.25) is 14.8 Å². The number of benzene rings is 1. The molecule has 1 amide bonds. The predicted octanol–water partition coefficient (Wildman–Crippen LogP) is 2.44. The van der Waals surface area contributed by atoms with Gasteiger partial charge >= 0.3 is 0 Å². The van der Waals surface area contributed by atoms with E-state index < -0.39 is 5.91 Å². The summed E-state index contributed by atoms with van der Waals surface area (Å²) in [6.45, 7) is 0. The molecule has 2 rings (SSSR count). The zero-order valence-corrected chi connectivity index (χ0v) is 12.1. The fourth-order valence-electron chi connectivity index (χ4n) is 1.91. The van der Waals surface area contributed by atoms with Gasteiger partial charge < -0.3 is 4.57 Å². The van der Waals surface area contributed by atoms with Gasteiger partial charge in [-0.25, -0.2) is 5.48 Å². The fourth-order valence-corrected chi connectivity index (χ4v) is 1.91. The van der Waals surface area contributed by atoms with Crippen molar-refractivity contribution >= 4 is 23.8 Å². The van der Waals surface area contributed by atoms with Crippen molar-refractivity contribution in [2.45, 2.75) is 0 Å². The molecule has 1 heterocycles. The molecule has 0 atom stereocenters. The first-order valence-corrected chi connectivity index (χ1v) is 6.66. The standard InChI is InChI=1S/C17H16N2O3/c1-19-12-14(11-15(19)8-10-17(21)18-22)16(20)9-7-13-5-3-2-4-6-13/h2-12,22H,1H3,(H,18,21)/b9-7+,10-8+. The van der Waals surface area contributed by atoms with Crippen molar-refractivity contribution in [2.75, 3.05) is 0 Å². The van der Waals surface area contributed by atoms with Crippen molar-refractivity contribution < 1.29 is 14.8 Å². The van der Waals surface area contributed by atoms with Crippen LogP contribution in [-0.2, 0) is 11.8 Å². The molecular weight excluding hydrogens is 280 g/mol. The monoisotopic (exact) mass is 296 g/mol. The van der Waals surface area contributed by atoms with E-state index in [1.54, 1.807) is 30.0 Å². The molecule has 0 saturated heterocycles. The molecule has 0 aliphatic rings. The first-order chi connectivity index (χ1) is 10.6. The molecule has 1 aromatic heterocycles. The van der Waals surface area contributed by atoms with E-state index in [0.717, 1.165) is 5.56 Å². The molecule has 0 saturated carbocycles. The molecule has 112 valence electrons. The largest absolute Gasteiger partial charge is 0.350 e. The molecule has 5 heteroatoms. The van der Waals surface area contributed by atoms with Crippen LogP contribution in [-0.4, -0.2) is 21.5 Å². The Morgan fingerprint density at radius 1 is 1.14 bits per heavy atom. The molecule has 0 aliphatic heterocycles. The van der Waals surface area contributed by atoms with E-state index >= 15 is 0 Å². The highest BCUT2D eigenvalue weighted by Gasteiger charge is 2.07. The van der Waals surface area contributed by atoms with E-state index in [2.05, 4.69) is 0 Å². The fraction of sp³-hybridized carbons (Fsp3) is 0.0588. The second-order valence-electron chi connectivity index (χ2n) is 4.68. The number of hydroxylamine groups is 1. The summed E-state index contributed by atoms with van der Waals surface area (Å²) in [5, 5.41) is 8.43. The molecule has 22 heavy (non-hydrogen) atoms. The Hall–Kier alpha value is -2.92. The van der Waals surface area contributed by atoms with E-state index in [1.165, 1.54) is 23.7 Å². The molecular formula is C17H16N2O3. The molecule has 1 aromatic carbocycles. The third-order valence-electron chi connectivity index (χ3n) is 3.07. The summed E-state index contributed by atoms with van der Waals surface area (Å²) in [5.41, 5.74) is 3.67. The van der Waals surface area contributed by atoms with Crippen LogP contribution in [0.2, 0.25) is 0 Å². The quantitative estimate of drug-likeness (QED) is 0.385. The summed E-state index contributed by atoms with van der Waals surface area (Å²) in [7, 11) is 1.77. The second kappa shape index (κ2) is 7.19. The number of rotatable bonds is 5. The van der Waals surface area contributed by atoms with Crippen LogP contribution in [0, 0.1) is 0 Å². The summed E-state index contributed by atoms with van der Waals surface area (Å²) in [6, 6.07) is 11.2. The van der Waals surface area contributed by atoms with Crippen molar-refractivity contribution in [2.24, 2.45) is 7.05 Å². The number of amides is 1. The van der Waals surface area contributed by atoms with Crippen LogP contribution in [0.15, 0.2) is 54.7 Å². The Morgan fingerprint density at radius 2 is 1.86 bits per heavy atom. The maximum atomic E-state index is 12.1. The van der Waals surface area contributed by atoms with Crippen molar-refractivity contribution in [1.82, 2.24) is 10.0 Å². The maximum absolute atomic E-state index is 12.1. The van der Waals surface area contributed by atoms with Crippen LogP contribution in [0.1, 0.15) is 21.6 Å². The highest BCUT2D eigenvalue weighted by molar-refractivity contribution is 6.07. The van der Waals surface area contributed by atoms with E-state index in [9.17, 15) is 9.59 Å². The number of nitrogens with zero attached hydrogens (tertiary/aromatic N) is 1. The molecule has 0 radical (unpaired) electrons. The Morgan fingerprint density at radius 3 is 2.55 bits per heavy atom. The Labute approximate surface area is 128 Å². The van der Waals surface area contributed by atoms with E-state index in [0.29, 0.717) is 11.3 Å². The number of aromatic nitrogens is 1. The summed E-state index contributed by atoms with van der Waals surface area (Å²) in [5.74, 6) is -0.747. The van der Waals surface area contributed by atoms with Crippen molar-refractivity contribution in [3.63, 3.8) is 0 Å². The second-order valence-corrected chi connectivity index (χ2v) is 4.68. The summed E-state index contributed by atoms with van der Waals surface area (Å²) in [4.78, 5) is 23.1. The summed E-state index contributed by atoms with van der Waals surface area (Å²) in [6.07, 6.45) is 7.66. The summed E-state index contributed by atoms with van der Waals surface area (Å²) >= 11 is 0. The number of carbonyl (C=O) groups is 2. The Balaban J connectivity index is 2.13. The number of ketones is 1. The van der Waals surface area contributed by atoms with Crippen LogP contribution in [0.25, 0.3) is 12.2 Å². The molecule has 0 bridgehead atoms. The highest BCUT2D eigenvalue weighted by atomic mass is 16.5. The lowest BCUT2D eigenvalue weighted by molar-refractivity contribution is -0.124. The van der Waals surface area contributed by atoms with Gasteiger partial charge in [-0.2, -0.15) is 0 Å². The third kappa shape index (κ3) is 4.04. The lowest BCUT2D eigenvalue weighted by atomic mass is 10.1. The molecule has 0 unspecified atom stereocenters. The Bertz CT molecular complexity index is 728. The SMILES string of the molecule is Cn1cc(C(=O)/C=C/c2ccccc2)cc1/C=C/C(=O)NO. The van der Waals surface area contributed by atoms with Crippen LogP contribution in [0.4, 0.5) is 0 Å². The van der Waals surface area contributed by atoms with Gasteiger partial charge in [0.15, 0.2) is 5.78 Å². The number of carbonyl (C=O) groups excluding carboxylic acids is 2. The van der Waals surface area contributed by atoms with Gasteiger partial charge in [-0.05, 0) is 23.8 Å². The first-order valence-electron chi connectivity index (χ1n) is 6.66. The zero-order valence-electron chi connectivity index (χ0n) is 12.1. The minimum Gasteiger partial charge on any atom is -0.350 e. The Kier molecular flexibility index (Phi) is 5.06. The highest BCUT2D eigenvalue weighted by Crippen LogP contribution is 2.11. The van der Waals surface area contributed by atoms with Crippen molar-refractivity contribution in [3.05, 3.63) is 71.6 Å². The molecule has 5 nitrogen and oxygen atoms in total. The predicted molar refractivity (Wildman–Crippen MR) is 84.2 cm³/mol. The number of nitrogens with one attached hydrogen (secondary N) is 1.